The Hall–Kier alpha value is -0.830. The molecule has 3 heteroatoms. The van der Waals surface area contributed by atoms with E-state index in [0.29, 0.717) is 5.13 Å². The van der Waals surface area contributed by atoms with Gasteiger partial charge in [0.25, 0.3) is 0 Å². The third-order valence-electron chi connectivity index (χ3n) is 1.01. The lowest BCUT2D eigenvalue weighted by Gasteiger charge is -1.68. The molecule has 1 aromatic heterocycles. The van der Waals surface area contributed by atoms with Crippen molar-refractivity contribution in [3.8, 4) is 0 Å². The van der Waals surface area contributed by atoms with Crippen molar-refractivity contribution in [3.05, 3.63) is 9.88 Å². The van der Waals surface area contributed by atoms with Crippen molar-refractivity contribution in [2.24, 2.45) is 0 Å². The number of rotatable bonds is 0. The highest BCUT2D eigenvalue weighted by molar-refractivity contribution is 7.13. The summed E-state index contributed by atoms with van der Waals surface area (Å²) in [7, 11) is 0. The van der Waals surface area contributed by atoms with E-state index >= 15 is 0 Å². The molecule has 0 saturated carbocycles. The molecule has 0 atom stereocenters. The minimum absolute atomic E-state index is 0.591. The van der Waals surface area contributed by atoms with E-state index in [-0.39, 0.29) is 0 Å². The number of aromatic nitrogens is 1. The van der Waals surface area contributed by atoms with Crippen LogP contribution in [0.2, 0.25) is 0 Å². The number of hydrogen-bond donors (Lipinski definition) is 1. The molecule has 0 bridgehead atoms. The second-order valence-corrected chi connectivity index (χ2v) is 2.71. The smallest absolute Gasteiger partial charge is 0.181 e. The number of nitrogens with zero attached hydrogens (tertiary/aromatic N) is 1. The molecular weight excluding hydrogens is 132 g/mol. The number of nitrogen functional groups attached to an aromatic ring is 1. The lowest BCUT2D eigenvalue weighted by Crippen LogP contribution is -2.17. The van der Waals surface area contributed by atoms with E-state index in [2.05, 4.69) is 11.6 Å². The number of thiazole rings is 1. The van der Waals surface area contributed by atoms with Crippen LogP contribution in [-0.2, 0) is 0 Å². The van der Waals surface area contributed by atoms with Crippen molar-refractivity contribution >= 4 is 29.1 Å². The molecule has 2 N–H and O–H groups in total. The van der Waals surface area contributed by atoms with Gasteiger partial charge < -0.3 is 5.73 Å². The molecule has 1 rings (SSSR count). The summed E-state index contributed by atoms with van der Waals surface area (Å²) in [6.45, 7) is 5.65. The number of hydrogen-bond acceptors (Lipinski definition) is 3. The Morgan fingerprint density at radius 1 is 1.78 bits per heavy atom. The Morgan fingerprint density at radius 2 is 2.44 bits per heavy atom. The zero-order valence-electron chi connectivity index (χ0n) is 5.22. The van der Waals surface area contributed by atoms with E-state index in [4.69, 9.17) is 5.73 Å². The quantitative estimate of drug-likeness (QED) is 0.548. The van der Waals surface area contributed by atoms with Crippen LogP contribution in [0.15, 0.2) is 0 Å². The molecule has 0 amide bonds. The largest absolute Gasteiger partial charge is 0.375 e. The average molecular weight is 140 g/mol. The molecule has 0 unspecified atom stereocenters. The summed E-state index contributed by atoms with van der Waals surface area (Å²) >= 11 is 1.46. The summed E-state index contributed by atoms with van der Waals surface area (Å²) in [6.07, 6.45) is 1.95. The van der Waals surface area contributed by atoms with Gasteiger partial charge in [-0.3, -0.25) is 0 Å². The van der Waals surface area contributed by atoms with Crippen LogP contribution in [-0.4, -0.2) is 4.98 Å². The Bertz CT molecular complexity index is 299. The van der Waals surface area contributed by atoms with Crippen LogP contribution in [0, 0.1) is 0 Å². The normalized spacial score (nSPS) is 12.3. The maximum absolute atomic E-state index is 5.40. The van der Waals surface area contributed by atoms with Crippen LogP contribution >= 0.6 is 11.3 Å². The van der Waals surface area contributed by atoms with Crippen molar-refractivity contribution in [3.63, 3.8) is 0 Å². The fourth-order valence-corrected chi connectivity index (χ4v) is 1.27. The Labute approximate surface area is 57.3 Å². The molecule has 0 radical (unpaired) electrons. The molecular formula is C6H8N2S. The Balaban J connectivity index is 3.52. The van der Waals surface area contributed by atoms with Gasteiger partial charge in [0.15, 0.2) is 5.13 Å². The molecule has 9 heavy (non-hydrogen) atoms. The molecule has 0 aliphatic rings. The number of anilines is 1. The minimum atomic E-state index is 0.591. The van der Waals surface area contributed by atoms with Gasteiger partial charge in [-0.1, -0.05) is 24.0 Å². The second kappa shape index (κ2) is 2.19. The Morgan fingerprint density at radius 3 is 2.67 bits per heavy atom. The topological polar surface area (TPSA) is 38.9 Å². The van der Waals surface area contributed by atoms with E-state index < -0.39 is 0 Å². The van der Waals surface area contributed by atoms with Crippen molar-refractivity contribution < 1.29 is 0 Å². The SMILES string of the molecule is C=c1nc(N)sc1=CC. The predicted octanol–water partition coefficient (Wildman–Crippen LogP) is -0.0640. The zero-order chi connectivity index (χ0) is 6.85. The highest BCUT2D eigenvalue weighted by Crippen LogP contribution is 1.93. The minimum Gasteiger partial charge on any atom is -0.375 e. The molecule has 48 valence electrons. The van der Waals surface area contributed by atoms with Crippen molar-refractivity contribution in [2.45, 2.75) is 6.92 Å². The van der Waals surface area contributed by atoms with Gasteiger partial charge in [0, 0.05) is 0 Å². The van der Waals surface area contributed by atoms with Crippen LogP contribution in [0.25, 0.3) is 12.7 Å². The van der Waals surface area contributed by atoms with Gasteiger partial charge in [-0.15, -0.1) is 0 Å². The second-order valence-electron chi connectivity index (χ2n) is 1.65. The predicted molar refractivity (Wildman–Crippen MR) is 41.4 cm³/mol. The summed E-state index contributed by atoms with van der Waals surface area (Å²) in [6, 6.07) is 0. The number of nitrogens with two attached hydrogens (primary N) is 1. The standard InChI is InChI=1S/C6H8N2S/c1-3-5-4(2)8-6(7)9-5/h3H,2H2,1H3,(H2,7,8). The van der Waals surface area contributed by atoms with Gasteiger partial charge in [-0.2, -0.15) is 0 Å². The summed E-state index contributed by atoms with van der Waals surface area (Å²) in [5.74, 6) is 0. The zero-order valence-corrected chi connectivity index (χ0v) is 6.03. The molecule has 2 nitrogen and oxygen atoms in total. The highest BCUT2D eigenvalue weighted by Gasteiger charge is 1.88. The molecule has 0 aliphatic carbocycles. The van der Waals surface area contributed by atoms with Crippen LogP contribution in [0.1, 0.15) is 6.92 Å². The van der Waals surface area contributed by atoms with E-state index in [1.54, 1.807) is 0 Å². The first-order chi connectivity index (χ1) is 4.24. The van der Waals surface area contributed by atoms with Gasteiger partial charge in [0.05, 0.1) is 9.88 Å². The summed E-state index contributed by atoms with van der Waals surface area (Å²) < 4.78 is 1.06. The molecule has 1 aromatic rings. The van der Waals surface area contributed by atoms with E-state index in [9.17, 15) is 0 Å². The first kappa shape index (κ1) is 6.29. The fraction of sp³-hybridized carbons (Fsp3) is 0.167. The van der Waals surface area contributed by atoms with E-state index in [1.165, 1.54) is 11.3 Å². The Kier molecular flexibility index (Phi) is 1.53. The average Bonchev–Trinajstić information content (AvgIpc) is 2.10. The van der Waals surface area contributed by atoms with Crippen LogP contribution in [0.5, 0.6) is 0 Å². The molecule has 0 aliphatic heterocycles. The molecule has 1 heterocycles. The van der Waals surface area contributed by atoms with Gasteiger partial charge in [0.1, 0.15) is 0 Å². The third-order valence-corrected chi connectivity index (χ3v) is 2.00. The maximum atomic E-state index is 5.40. The first-order valence-corrected chi connectivity index (χ1v) is 3.43. The maximum Gasteiger partial charge on any atom is 0.181 e. The van der Waals surface area contributed by atoms with Crippen LogP contribution in [0.3, 0.4) is 0 Å². The highest BCUT2D eigenvalue weighted by atomic mass is 32.1. The summed E-state index contributed by atoms with van der Waals surface area (Å²) in [5.41, 5.74) is 5.40. The monoisotopic (exact) mass is 140 g/mol. The molecule has 0 fully saturated rings. The van der Waals surface area contributed by atoms with Crippen LogP contribution < -0.4 is 15.6 Å². The van der Waals surface area contributed by atoms with E-state index in [0.717, 1.165) is 9.88 Å². The fourth-order valence-electron chi connectivity index (χ4n) is 0.608. The van der Waals surface area contributed by atoms with Crippen molar-refractivity contribution in [1.82, 2.24) is 4.98 Å². The first-order valence-electron chi connectivity index (χ1n) is 2.61. The van der Waals surface area contributed by atoms with Crippen molar-refractivity contribution in [2.75, 3.05) is 5.73 Å². The van der Waals surface area contributed by atoms with Crippen molar-refractivity contribution in [1.29, 1.82) is 0 Å². The third kappa shape index (κ3) is 1.10. The lowest BCUT2D eigenvalue weighted by atomic mass is 10.6. The molecule has 0 saturated heterocycles. The van der Waals surface area contributed by atoms with Gasteiger partial charge >= 0.3 is 0 Å². The summed E-state index contributed by atoms with van der Waals surface area (Å²) in [5, 5.41) is 1.37. The van der Waals surface area contributed by atoms with E-state index in [1.807, 2.05) is 13.0 Å². The van der Waals surface area contributed by atoms with Gasteiger partial charge in [0.2, 0.25) is 0 Å². The van der Waals surface area contributed by atoms with Gasteiger partial charge in [-0.05, 0) is 6.92 Å². The van der Waals surface area contributed by atoms with Gasteiger partial charge in [-0.25, -0.2) is 4.98 Å². The molecule has 0 spiro atoms. The molecule has 0 aromatic carbocycles. The van der Waals surface area contributed by atoms with Crippen LogP contribution in [0.4, 0.5) is 5.13 Å². The lowest BCUT2D eigenvalue weighted by molar-refractivity contribution is 1.33. The summed E-state index contributed by atoms with van der Waals surface area (Å²) in [4.78, 5) is 3.94.